The third-order valence-electron chi connectivity index (χ3n) is 5.14. The van der Waals surface area contributed by atoms with Gasteiger partial charge in [-0.1, -0.05) is 11.6 Å². The molecule has 0 spiro atoms. The normalized spacial score (nSPS) is 10.9. The molecule has 184 valence electrons. The fourth-order valence-electron chi connectivity index (χ4n) is 3.17. The summed E-state index contributed by atoms with van der Waals surface area (Å²) in [6.45, 7) is 0. The third kappa shape index (κ3) is 5.50. The van der Waals surface area contributed by atoms with E-state index in [2.05, 4.69) is 10.1 Å². The number of hydrogen-bond donors (Lipinski definition) is 1. The number of esters is 1. The van der Waals surface area contributed by atoms with Gasteiger partial charge in [-0.25, -0.2) is 13.2 Å². The van der Waals surface area contributed by atoms with Crippen LogP contribution in [0.4, 0.5) is 11.4 Å². The largest absolute Gasteiger partial charge is 0.493 e. The summed E-state index contributed by atoms with van der Waals surface area (Å²) < 4.78 is 42.3. The average Bonchev–Trinajstić information content (AvgIpc) is 2.88. The Morgan fingerprint density at radius 2 is 1.54 bits per heavy atom. The number of anilines is 2. The molecule has 0 aliphatic carbocycles. The highest BCUT2D eigenvalue weighted by molar-refractivity contribution is 7.92. The van der Waals surface area contributed by atoms with Gasteiger partial charge in [0, 0.05) is 24.4 Å². The van der Waals surface area contributed by atoms with Crippen LogP contribution in [0.25, 0.3) is 0 Å². The van der Waals surface area contributed by atoms with Crippen molar-refractivity contribution in [3.05, 3.63) is 76.8 Å². The van der Waals surface area contributed by atoms with Gasteiger partial charge in [-0.05, 0) is 54.6 Å². The Bertz CT molecular complexity index is 1360. The fourth-order valence-corrected chi connectivity index (χ4v) is 4.58. The first kappa shape index (κ1) is 25.9. The number of halogens is 1. The van der Waals surface area contributed by atoms with E-state index in [0.29, 0.717) is 17.1 Å². The van der Waals surface area contributed by atoms with Gasteiger partial charge in [0.2, 0.25) is 0 Å². The number of amides is 1. The number of sulfonamides is 1. The molecule has 0 heterocycles. The highest BCUT2D eigenvalue weighted by atomic mass is 35.5. The molecule has 1 amide bonds. The molecule has 0 aliphatic rings. The van der Waals surface area contributed by atoms with E-state index in [4.69, 9.17) is 21.1 Å². The molecule has 0 radical (unpaired) electrons. The molecule has 0 aromatic heterocycles. The van der Waals surface area contributed by atoms with Crippen molar-refractivity contribution in [1.82, 2.24) is 0 Å². The number of hydrogen-bond acceptors (Lipinski definition) is 7. The van der Waals surface area contributed by atoms with Crippen LogP contribution < -0.4 is 19.1 Å². The SMILES string of the molecule is COC(=O)c1cc(NC(=O)c2ccc(N(C)S(=O)(=O)c3ccc(OC)c(OC)c3)cc2)ccc1Cl. The highest BCUT2D eigenvalue weighted by Gasteiger charge is 2.23. The molecule has 1 N–H and O–H groups in total. The Morgan fingerprint density at radius 3 is 2.14 bits per heavy atom. The number of nitrogens with zero attached hydrogens (tertiary/aromatic N) is 1. The molecule has 0 atom stereocenters. The van der Waals surface area contributed by atoms with Gasteiger partial charge in [-0.3, -0.25) is 9.10 Å². The van der Waals surface area contributed by atoms with Gasteiger partial charge in [0.05, 0.1) is 42.5 Å². The highest BCUT2D eigenvalue weighted by Crippen LogP contribution is 2.31. The Morgan fingerprint density at radius 1 is 0.886 bits per heavy atom. The van der Waals surface area contributed by atoms with Crippen LogP contribution in [0.3, 0.4) is 0 Å². The molecule has 0 fully saturated rings. The third-order valence-corrected chi connectivity index (χ3v) is 7.25. The van der Waals surface area contributed by atoms with Crippen LogP contribution in [0.5, 0.6) is 11.5 Å². The second-order valence-electron chi connectivity index (χ2n) is 7.18. The maximum atomic E-state index is 13.1. The number of methoxy groups -OCH3 is 3. The molecule has 9 nitrogen and oxygen atoms in total. The lowest BCUT2D eigenvalue weighted by molar-refractivity contribution is 0.0600. The predicted octanol–water partition coefficient (Wildman–Crippen LogP) is 4.22. The first-order chi connectivity index (χ1) is 16.6. The van der Waals surface area contributed by atoms with Gasteiger partial charge in [0.15, 0.2) is 11.5 Å². The second-order valence-corrected chi connectivity index (χ2v) is 9.55. The van der Waals surface area contributed by atoms with E-state index in [0.717, 1.165) is 4.31 Å². The summed E-state index contributed by atoms with van der Waals surface area (Å²) in [4.78, 5) is 24.5. The molecule has 0 bridgehead atoms. The van der Waals surface area contributed by atoms with Crippen molar-refractivity contribution >= 4 is 44.9 Å². The average molecular weight is 519 g/mol. The standard InChI is InChI=1S/C24H23ClN2O7S/c1-27(35(30,31)18-10-12-21(32-2)22(14-18)33-3)17-8-5-15(6-9-17)23(28)26-16-7-11-20(25)19(13-16)24(29)34-4/h5-14H,1-4H3,(H,26,28). The molecule has 35 heavy (non-hydrogen) atoms. The van der Waals surface area contributed by atoms with Crippen LogP contribution in [0, 0.1) is 0 Å². The second kappa shape index (κ2) is 10.7. The van der Waals surface area contributed by atoms with E-state index >= 15 is 0 Å². The van der Waals surface area contributed by atoms with E-state index in [-0.39, 0.29) is 26.8 Å². The number of rotatable bonds is 8. The molecule has 3 rings (SSSR count). The number of carbonyl (C=O) groups excluding carboxylic acids is 2. The predicted molar refractivity (Wildman–Crippen MR) is 132 cm³/mol. The van der Waals surface area contributed by atoms with Crippen molar-refractivity contribution in [2.24, 2.45) is 0 Å². The van der Waals surface area contributed by atoms with Gasteiger partial charge >= 0.3 is 5.97 Å². The van der Waals surface area contributed by atoms with Gasteiger partial charge < -0.3 is 19.5 Å². The van der Waals surface area contributed by atoms with Gasteiger partial charge in [-0.15, -0.1) is 0 Å². The van der Waals surface area contributed by atoms with Crippen LogP contribution in [0.1, 0.15) is 20.7 Å². The Labute approximate surface area is 208 Å². The van der Waals surface area contributed by atoms with Crippen LogP contribution >= 0.6 is 11.6 Å². The molecular formula is C24H23ClN2O7S. The summed E-state index contributed by atoms with van der Waals surface area (Å²) in [5, 5.41) is 2.86. The molecule has 3 aromatic rings. The lowest BCUT2D eigenvalue weighted by atomic mass is 10.1. The number of ether oxygens (including phenoxy) is 3. The Kier molecular flexibility index (Phi) is 7.88. The Hall–Kier alpha value is -3.76. The molecule has 11 heteroatoms. The molecule has 0 unspecified atom stereocenters. The number of benzene rings is 3. The van der Waals surface area contributed by atoms with Crippen molar-refractivity contribution in [3.63, 3.8) is 0 Å². The summed E-state index contributed by atoms with van der Waals surface area (Å²) in [6.07, 6.45) is 0. The minimum absolute atomic E-state index is 0.0172. The van der Waals surface area contributed by atoms with Gasteiger partial charge in [0.1, 0.15) is 0 Å². The summed E-state index contributed by atoms with van der Waals surface area (Å²) in [5.74, 6) is -0.398. The van der Waals surface area contributed by atoms with E-state index < -0.39 is 21.9 Å². The topological polar surface area (TPSA) is 111 Å². The first-order valence-electron chi connectivity index (χ1n) is 10.1. The Balaban J connectivity index is 1.79. The zero-order chi connectivity index (χ0) is 25.8. The van der Waals surface area contributed by atoms with Gasteiger partial charge in [-0.2, -0.15) is 0 Å². The molecular weight excluding hydrogens is 496 g/mol. The van der Waals surface area contributed by atoms with Crippen LogP contribution in [-0.2, 0) is 14.8 Å². The lowest BCUT2D eigenvalue weighted by Gasteiger charge is -2.20. The summed E-state index contributed by atoms with van der Waals surface area (Å²) in [5.41, 5.74) is 1.08. The number of carbonyl (C=O) groups is 2. The zero-order valence-corrected chi connectivity index (χ0v) is 20.9. The molecule has 0 saturated heterocycles. The van der Waals surface area contributed by atoms with Crippen molar-refractivity contribution < 1.29 is 32.2 Å². The van der Waals surface area contributed by atoms with Crippen LogP contribution in [-0.4, -0.2) is 48.7 Å². The quantitative estimate of drug-likeness (QED) is 0.444. The lowest BCUT2D eigenvalue weighted by Crippen LogP contribution is -2.26. The maximum absolute atomic E-state index is 13.1. The molecule has 0 saturated carbocycles. The van der Waals surface area contributed by atoms with Crippen LogP contribution in [0.15, 0.2) is 65.6 Å². The van der Waals surface area contributed by atoms with Crippen LogP contribution in [0.2, 0.25) is 5.02 Å². The summed E-state index contributed by atoms with van der Waals surface area (Å²) in [6, 6.07) is 14.7. The molecule has 0 aliphatic heterocycles. The summed E-state index contributed by atoms with van der Waals surface area (Å²) in [7, 11) is 1.60. The maximum Gasteiger partial charge on any atom is 0.339 e. The summed E-state index contributed by atoms with van der Waals surface area (Å²) >= 11 is 6.00. The fraction of sp³-hybridized carbons (Fsp3) is 0.167. The van der Waals surface area contributed by atoms with E-state index in [1.54, 1.807) is 6.07 Å². The van der Waals surface area contributed by atoms with Gasteiger partial charge in [0.25, 0.3) is 15.9 Å². The van der Waals surface area contributed by atoms with E-state index in [1.807, 2.05) is 0 Å². The zero-order valence-electron chi connectivity index (χ0n) is 19.4. The van der Waals surface area contributed by atoms with Crippen molar-refractivity contribution in [2.75, 3.05) is 38.0 Å². The monoisotopic (exact) mass is 518 g/mol. The first-order valence-corrected chi connectivity index (χ1v) is 11.9. The number of nitrogens with one attached hydrogen (secondary N) is 1. The minimum Gasteiger partial charge on any atom is -0.493 e. The molecule has 3 aromatic carbocycles. The van der Waals surface area contributed by atoms with E-state index in [9.17, 15) is 18.0 Å². The van der Waals surface area contributed by atoms with Crippen molar-refractivity contribution in [2.45, 2.75) is 4.90 Å². The smallest absolute Gasteiger partial charge is 0.339 e. The van der Waals surface area contributed by atoms with Crippen molar-refractivity contribution in [3.8, 4) is 11.5 Å². The van der Waals surface area contributed by atoms with Crippen molar-refractivity contribution in [1.29, 1.82) is 0 Å². The minimum atomic E-state index is -3.91. The van der Waals surface area contributed by atoms with E-state index in [1.165, 1.54) is 83.0 Å².